The Morgan fingerprint density at radius 2 is 1.74 bits per heavy atom. The lowest BCUT2D eigenvalue weighted by atomic mass is 9.97. The fourth-order valence-corrected chi connectivity index (χ4v) is 4.79. The average molecular weight is 422 g/mol. The number of hydrogen-bond donors (Lipinski definition) is 0. The minimum atomic E-state index is -0.255. The Morgan fingerprint density at radius 3 is 2.52 bits per heavy atom. The number of aryl methyl sites for hydroxylation is 2. The largest absolute Gasteiger partial charge is 0.341 e. The lowest BCUT2D eigenvalue weighted by molar-refractivity contribution is -0.132. The quantitative estimate of drug-likeness (QED) is 0.760. The molecule has 0 N–H and O–H groups in total. The minimum Gasteiger partial charge on any atom is -0.341 e. The number of carbonyl (C=O) groups is 2. The standard InChI is InChI=1S/C25H31N3O3/c1-18-8-9-19(2)21(15-18)22-7-6-14-28(22)25(31)20-10-11-23(29)27(16-20)17-24(30)26-12-4-3-5-13-26/h8-11,15-16,22H,3-7,12-14,17H2,1-2H3/t22-/m1/s1. The maximum Gasteiger partial charge on any atom is 0.255 e. The molecule has 4 rings (SSSR count). The monoisotopic (exact) mass is 421 g/mol. The van der Waals surface area contributed by atoms with Crippen LogP contribution in [0.15, 0.2) is 41.3 Å². The van der Waals surface area contributed by atoms with Gasteiger partial charge in [-0.15, -0.1) is 0 Å². The van der Waals surface area contributed by atoms with Crippen molar-refractivity contribution >= 4 is 11.8 Å². The molecule has 0 bridgehead atoms. The Labute approximate surface area is 183 Å². The summed E-state index contributed by atoms with van der Waals surface area (Å²) in [5.74, 6) is -0.136. The van der Waals surface area contributed by atoms with Crippen molar-refractivity contribution in [2.75, 3.05) is 19.6 Å². The first kappa shape index (κ1) is 21.3. The number of nitrogens with zero attached hydrogens (tertiary/aromatic N) is 3. The first-order chi connectivity index (χ1) is 14.9. The third-order valence-corrected chi connectivity index (χ3v) is 6.55. The van der Waals surface area contributed by atoms with Crippen molar-refractivity contribution < 1.29 is 9.59 Å². The molecule has 2 aliphatic heterocycles. The van der Waals surface area contributed by atoms with Crippen molar-refractivity contribution in [2.24, 2.45) is 0 Å². The first-order valence-corrected chi connectivity index (χ1v) is 11.3. The molecule has 0 aliphatic carbocycles. The van der Waals surface area contributed by atoms with Gasteiger partial charge in [-0.05, 0) is 63.1 Å². The predicted octanol–water partition coefficient (Wildman–Crippen LogP) is 3.45. The summed E-state index contributed by atoms with van der Waals surface area (Å²) >= 11 is 0. The zero-order valence-electron chi connectivity index (χ0n) is 18.5. The summed E-state index contributed by atoms with van der Waals surface area (Å²) in [4.78, 5) is 42.1. The normalized spacial score (nSPS) is 19.0. The van der Waals surface area contributed by atoms with Gasteiger partial charge in [-0.2, -0.15) is 0 Å². The summed E-state index contributed by atoms with van der Waals surface area (Å²) < 4.78 is 1.38. The van der Waals surface area contributed by atoms with E-state index in [1.165, 1.54) is 27.3 Å². The molecule has 1 atom stereocenters. The van der Waals surface area contributed by atoms with Crippen LogP contribution in [-0.2, 0) is 11.3 Å². The van der Waals surface area contributed by atoms with Crippen LogP contribution in [0.4, 0.5) is 0 Å². The Kier molecular flexibility index (Phi) is 6.25. The van der Waals surface area contributed by atoms with Crippen LogP contribution in [0.5, 0.6) is 0 Å². The molecule has 2 amide bonds. The molecule has 3 heterocycles. The molecular formula is C25H31N3O3. The van der Waals surface area contributed by atoms with Gasteiger partial charge in [0.1, 0.15) is 6.54 Å². The molecule has 0 radical (unpaired) electrons. The molecule has 2 aromatic rings. The van der Waals surface area contributed by atoms with E-state index in [4.69, 9.17) is 0 Å². The fraction of sp³-hybridized carbons (Fsp3) is 0.480. The second-order valence-corrected chi connectivity index (χ2v) is 8.84. The molecule has 1 aromatic carbocycles. The molecule has 0 saturated carbocycles. The number of rotatable bonds is 4. The molecule has 2 fully saturated rings. The fourth-order valence-electron chi connectivity index (χ4n) is 4.79. The summed E-state index contributed by atoms with van der Waals surface area (Å²) in [7, 11) is 0. The highest BCUT2D eigenvalue weighted by atomic mass is 16.2. The van der Waals surface area contributed by atoms with Crippen LogP contribution < -0.4 is 5.56 Å². The Hall–Kier alpha value is -2.89. The van der Waals surface area contributed by atoms with E-state index in [0.717, 1.165) is 45.2 Å². The van der Waals surface area contributed by atoms with E-state index < -0.39 is 0 Å². The van der Waals surface area contributed by atoms with Crippen molar-refractivity contribution in [1.29, 1.82) is 0 Å². The topological polar surface area (TPSA) is 62.6 Å². The second-order valence-electron chi connectivity index (χ2n) is 8.84. The van der Waals surface area contributed by atoms with E-state index in [2.05, 4.69) is 32.0 Å². The van der Waals surface area contributed by atoms with Crippen LogP contribution >= 0.6 is 0 Å². The maximum absolute atomic E-state index is 13.4. The van der Waals surface area contributed by atoms with E-state index in [9.17, 15) is 14.4 Å². The number of pyridine rings is 1. The molecule has 164 valence electrons. The van der Waals surface area contributed by atoms with Crippen molar-refractivity contribution in [1.82, 2.24) is 14.4 Å². The summed E-state index contributed by atoms with van der Waals surface area (Å²) in [6.45, 7) is 6.33. The van der Waals surface area contributed by atoms with Gasteiger partial charge in [-0.1, -0.05) is 23.8 Å². The van der Waals surface area contributed by atoms with Crippen LogP contribution in [0.3, 0.4) is 0 Å². The lowest BCUT2D eigenvalue weighted by Gasteiger charge is -2.28. The molecule has 6 heteroatoms. The van der Waals surface area contributed by atoms with Gasteiger partial charge in [0.05, 0.1) is 11.6 Å². The molecule has 31 heavy (non-hydrogen) atoms. The van der Waals surface area contributed by atoms with Gasteiger partial charge in [-0.25, -0.2) is 0 Å². The zero-order chi connectivity index (χ0) is 22.0. The van der Waals surface area contributed by atoms with Crippen molar-refractivity contribution in [3.05, 3.63) is 69.1 Å². The van der Waals surface area contributed by atoms with Gasteiger partial charge in [0.2, 0.25) is 5.91 Å². The molecule has 0 unspecified atom stereocenters. The number of carbonyl (C=O) groups excluding carboxylic acids is 2. The number of piperidine rings is 1. The first-order valence-electron chi connectivity index (χ1n) is 11.3. The van der Waals surface area contributed by atoms with Crippen molar-refractivity contribution in [3.63, 3.8) is 0 Å². The second kappa shape index (κ2) is 9.08. The van der Waals surface area contributed by atoms with Gasteiger partial charge >= 0.3 is 0 Å². The maximum atomic E-state index is 13.4. The molecular weight excluding hydrogens is 390 g/mol. The van der Waals surface area contributed by atoms with Gasteiger partial charge < -0.3 is 14.4 Å². The highest BCUT2D eigenvalue weighted by Crippen LogP contribution is 2.35. The number of aromatic nitrogens is 1. The number of hydrogen-bond acceptors (Lipinski definition) is 3. The Balaban J connectivity index is 1.55. The van der Waals surface area contributed by atoms with Gasteiger partial charge in [-0.3, -0.25) is 14.4 Å². The molecule has 2 saturated heterocycles. The smallest absolute Gasteiger partial charge is 0.255 e. The van der Waals surface area contributed by atoms with Crippen LogP contribution in [-0.4, -0.2) is 45.8 Å². The van der Waals surface area contributed by atoms with Crippen LogP contribution in [0, 0.1) is 13.8 Å². The Morgan fingerprint density at radius 1 is 0.968 bits per heavy atom. The molecule has 0 spiro atoms. The highest BCUT2D eigenvalue weighted by Gasteiger charge is 2.32. The minimum absolute atomic E-state index is 0.0135. The highest BCUT2D eigenvalue weighted by molar-refractivity contribution is 5.94. The predicted molar refractivity (Wildman–Crippen MR) is 120 cm³/mol. The molecule has 2 aliphatic rings. The SMILES string of the molecule is Cc1ccc(C)c([C@H]2CCCN2C(=O)c2ccc(=O)n(CC(=O)N3CCCCC3)c2)c1. The third-order valence-electron chi connectivity index (χ3n) is 6.55. The summed E-state index contributed by atoms with van der Waals surface area (Å²) in [6, 6.07) is 9.41. The van der Waals surface area contributed by atoms with Crippen molar-refractivity contribution in [3.8, 4) is 0 Å². The zero-order valence-corrected chi connectivity index (χ0v) is 18.5. The van der Waals surface area contributed by atoms with Crippen molar-refractivity contribution in [2.45, 2.75) is 58.5 Å². The summed E-state index contributed by atoms with van der Waals surface area (Å²) in [5.41, 5.74) is 3.77. The van der Waals surface area contributed by atoms with Crippen LogP contribution in [0.1, 0.15) is 65.2 Å². The molecule has 6 nitrogen and oxygen atoms in total. The van der Waals surface area contributed by atoms with Crippen LogP contribution in [0.25, 0.3) is 0 Å². The van der Waals surface area contributed by atoms with Crippen LogP contribution in [0.2, 0.25) is 0 Å². The third kappa shape index (κ3) is 4.58. The van der Waals surface area contributed by atoms with E-state index >= 15 is 0 Å². The van der Waals surface area contributed by atoms with Gasteiger partial charge in [0.15, 0.2) is 0 Å². The van der Waals surface area contributed by atoms with Gasteiger partial charge in [0.25, 0.3) is 11.5 Å². The summed E-state index contributed by atoms with van der Waals surface area (Å²) in [6.07, 6.45) is 6.61. The number of likely N-dealkylation sites (tertiary alicyclic amines) is 2. The molecule has 1 aromatic heterocycles. The summed E-state index contributed by atoms with van der Waals surface area (Å²) in [5, 5.41) is 0. The van der Waals surface area contributed by atoms with E-state index in [1.807, 2.05) is 9.80 Å². The average Bonchev–Trinajstić information content (AvgIpc) is 3.26. The van der Waals surface area contributed by atoms with E-state index in [1.54, 1.807) is 12.3 Å². The number of benzene rings is 1. The van der Waals surface area contributed by atoms with E-state index in [-0.39, 0.29) is 30.0 Å². The number of amides is 2. The van der Waals surface area contributed by atoms with Gasteiger partial charge in [0, 0.05) is 31.9 Å². The Bertz CT molecular complexity index is 1040. The van der Waals surface area contributed by atoms with E-state index in [0.29, 0.717) is 12.1 Å². The lowest BCUT2D eigenvalue weighted by Crippen LogP contribution is -2.39.